The van der Waals surface area contributed by atoms with Crippen LogP contribution in [0.1, 0.15) is 6.92 Å². The van der Waals surface area contributed by atoms with E-state index in [-0.39, 0.29) is 28.3 Å². The highest BCUT2D eigenvalue weighted by molar-refractivity contribution is 5.80. The van der Waals surface area contributed by atoms with Gasteiger partial charge in [-0.1, -0.05) is 30.3 Å². The molecule has 0 amide bonds. The van der Waals surface area contributed by atoms with E-state index in [9.17, 15) is 14.0 Å². The second kappa shape index (κ2) is 7.79. The standard InChI is InChI=1S/C23H19FN4O2/c1-2-27-22(30)20(21(26-23(27)25)15-7-6-8-17(24)13-15)16-11-12-19(29)28(14-16)18-9-4-3-5-10-18/h3-14H,2H2,1H3,(H2,25,26). The lowest BCUT2D eigenvalue weighted by molar-refractivity contribution is 0.628. The van der Waals surface area contributed by atoms with Gasteiger partial charge in [-0.25, -0.2) is 9.37 Å². The molecular weight excluding hydrogens is 383 g/mol. The van der Waals surface area contributed by atoms with E-state index in [4.69, 9.17) is 5.73 Å². The summed E-state index contributed by atoms with van der Waals surface area (Å²) in [6.45, 7) is 2.11. The third-order valence-corrected chi connectivity index (χ3v) is 4.85. The summed E-state index contributed by atoms with van der Waals surface area (Å²) in [4.78, 5) is 30.2. The smallest absolute Gasteiger partial charge is 0.263 e. The largest absolute Gasteiger partial charge is 0.369 e. The number of hydrogen-bond acceptors (Lipinski definition) is 4. The van der Waals surface area contributed by atoms with E-state index in [1.807, 2.05) is 18.2 Å². The van der Waals surface area contributed by atoms with Crippen molar-refractivity contribution in [2.24, 2.45) is 0 Å². The normalized spacial score (nSPS) is 10.9. The maximum absolute atomic E-state index is 13.9. The number of anilines is 1. The number of nitrogens with two attached hydrogens (primary N) is 1. The molecule has 2 N–H and O–H groups in total. The molecule has 6 nitrogen and oxygen atoms in total. The Hall–Kier alpha value is -4.00. The van der Waals surface area contributed by atoms with Crippen molar-refractivity contribution in [2.75, 3.05) is 5.73 Å². The predicted octanol–water partition coefficient (Wildman–Crippen LogP) is 3.47. The van der Waals surface area contributed by atoms with Gasteiger partial charge in [0.1, 0.15) is 5.82 Å². The Morgan fingerprint density at radius 1 is 0.967 bits per heavy atom. The number of hydrogen-bond donors (Lipinski definition) is 1. The number of pyridine rings is 1. The Kier molecular flexibility index (Phi) is 5.02. The molecule has 0 fully saturated rings. The van der Waals surface area contributed by atoms with E-state index in [2.05, 4.69) is 4.98 Å². The Labute approximate surface area is 171 Å². The van der Waals surface area contributed by atoms with Crippen LogP contribution in [0.2, 0.25) is 0 Å². The van der Waals surface area contributed by atoms with Gasteiger partial charge in [-0.05, 0) is 37.3 Å². The van der Waals surface area contributed by atoms with Crippen molar-refractivity contribution in [2.45, 2.75) is 13.5 Å². The van der Waals surface area contributed by atoms with Crippen LogP contribution in [0.5, 0.6) is 0 Å². The number of aromatic nitrogens is 3. The molecule has 2 aromatic carbocycles. The van der Waals surface area contributed by atoms with Gasteiger partial charge in [-0.3, -0.25) is 18.7 Å². The number of halogens is 1. The van der Waals surface area contributed by atoms with Crippen LogP contribution >= 0.6 is 0 Å². The molecule has 2 heterocycles. The molecule has 0 aliphatic heterocycles. The fourth-order valence-electron chi connectivity index (χ4n) is 3.41. The highest BCUT2D eigenvalue weighted by atomic mass is 19.1. The first-order valence-corrected chi connectivity index (χ1v) is 9.44. The SMILES string of the molecule is CCn1c(N)nc(-c2cccc(F)c2)c(-c2ccc(=O)n(-c3ccccc3)c2)c1=O. The molecule has 0 aliphatic carbocycles. The van der Waals surface area contributed by atoms with Crippen LogP contribution in [-0.4, -0.2) is 14.1 Å². The zero-order chi connectivity index (χ0) is 21.3. The summed E-state index contributed by atoms with van der Waals surface area (Å²) in [6.07, 6.45) is 1.59. The molecule has 4 rings (SSSR count). The monoisotopic (exact) mass is 402 g/mol. The van der Waals surface area contributed by atoms with Gasteiger partial charge < -0.3 is 5.73 Å². The molecule has 150 valence electrons. The van der Waals surface area contributed by atoms with E-state index in [0.29, 0.717) is 23.4 Å². The topological polar surface area (TPSA) is 82.9 Å². The Bertz CT molecular complexity index is 1340. The number of nitrogens with zero attached hydrogens (tertiary/aromatic N) is 3. The lowest BCUT2D eigenvalue weighted by atomic mass is 10.0. The van der Waals surface area contributed by atoms with E-state index in [0.717, 1.165) is 0 Å². The Morgan fingerprint density at radius 3 is 2.43 bits per heavy atom. The van der Waals surface area contributed by atoms with Crippen LogP contribution in [0.4, 0.5) is 10.3 Å². The van der Waals surface area contributed by atoms with Crippen LogP contribution in [0.3, 0.4) is 0 Å². The third-order valence-electron chi connectivity index (χ3n) is 4.85. The Balaban J connectivity index is 2.04. The molecule has 0 unspecified atom stereocenters. The van der Waals surface area contributed by atoms with Gasteiger partial charge in [-0.2, -0.15) is 0 Å². The van der Waals surface area contributed by atoms with Gasteiger partial charge in [0.05, 0.1) is 11.3 Å². The van der Waals surface area contributed by atoms with Gasteiger partial charge in [0, 0.05) is 35.6 Å². The highest BCUT2D eigenvalue weighted by Crippen LogP contribution is 2.29. The lowest BCUT2D eigenvalue weighted by Gasteiger charge is -2.15. The summed E-state index contributed by atoms with van der Waals surface area (Å²) >= 11 is 0. The minimum atomic E-state index is -0.451. The maximum atomic E-state index is 13.9. The first-order chi connectivity index (χ1) is 14.5. The minimum Gasteiger partial charge on any atom is -0.369 e. The average molecular weight is 402 g/mol. The van der Waals surface area contributed by atoms with Crippen molar-refractivity contribution in [3.8, 4) is 28.1 Å². The molecule has 0 saturated heterocycles. The molecule has 0 aliphatic rings. The van der Waals surface area contributed by atoms with Crippen molar-refractivity contribution < 1.29 is 4.39 Å². The summed E-state index contributed by atoms with van der Waals surface area (Å²) < 4.78 is 16.7. The number of rotatable bonds is 4. The van der Waals surface area contributed by atoms with Crippen LogP contribution in [0, 0.1) is 5.82 Å². The van der Waals surface area contributed by atoms with Crippen molar-refractivity contribution >= 4 is 5.95 Å². The lowest BCUT2D eigenvalue weighted by Crippen LogP contribution is -2.26. The molecule has 0 spiro atoms. The number of benzene rings is 2. The van der Waals surface area contributed by atoms with Crippen LogP contribution in [0.25, 0.3) is 28.1 Å². The summed E-state index contributed by atoms with van der Waals surface area (Å²) in [6, 6.07) is 17.9. The van der Waals surface area contributed by atoms with Crippen LogP contribution < -0.4 is 16.9 Å². The molecule has 2 aromatic heterocycles. The van der Waals surface area contributed by atoms with E-state index in [1.54, 1.807) is 43.5 Å². The first kappa shape index (κ1) is 19.3. The zero-order valence-electron chi connectivity index (χ0n) is 16.2. The fourth-order valence-corrected chi connectivity index (χ4v) is 3.41. The van der Waals surface area contributed by atoms with Gasteiger partial charge in [0.25, 0.3) is 11.1 Å². The maximum Gasteiger partial charge on any atom is 0.263 e. The van der Waals surface area contributed by atoms with E-state index < -0.39 is 5.82 Å². The van der Waals surface area contributed by atoms with Crippen molar-refractivity contribution in [3.05, 3.63) is 99.5 Å². The molecule has 7 heteroatoms. The molecule has 0 radical (unpaired) electrons. The number of para-hydroxylation sites is 1. The van der Waals surface area contributed by atoms with Crippen molar-refractivity contribution in [3.63, 3.8) is 0 Å². The third kappa shape index (κ3) is 3.41. The van der Waals surface area contributed by atoms with Crippen LogP contribution in [0.15, 0.2) is 82.5 Å². The highest BCUT2D eigenvalue weighted by Gasteiger charge is 2.19. The van der Waals surface area contributed by atoms with Gasteiger partial charge in [-0.15, -0.1) is 0 Å². The molecule has 0 bridgehead atoms. The first-order valence-electron chi connectivity index (χ1n) is 9.44. The van der Waals surface area contributed by atoms with Crippen LogP contribution in [-0.2, 0) is 6.54 Å². The van der Waals surface area contributed by atoms with Crippen molar-refractivity contribution in [1.82, 2.24) is 14.1 Å². The fraction of sp³-hybridized carbons (Fsp3) is 0.0870. The summed E-state index contributed by atoms with van der Waals surface area (Å²) in [5.74, 6) is -0.408. The van der Waals surface area contributed by atoms with Crippen molar-refractivity contribution in [1.29, 1.82) is 0 Å². The zero-order valence-corrected chi connectivity index (χ0v) is 16.2. The molecule has 0 saturated carbocycles. The van der Waals surface area contributed by atoms with E-state index >= 15 is 0 Å². The van der Waals surface area contributed by atoms with Gasteiger partial charge >= 0.3 is 0 Å². The quantitative estimate of drug-likeness (QED) is 0.567. The average Bonchev–Trinajstić information content (AvgIpc) is 2.75. The van der Waals surface area contributed by atoms with E-state index in [1.165, 1.54) is 27.3 Å². The summed E-state index contributed by atoms with van der Waals surface area (Å²) in [5.41, 5.74) is 7.49. The van der Waals surface area contributed by atoms with Gasteiger partial charge in [0.15, 0.2) is 0 Å². The second-order valence-electron chi connectivity index (χ2n) is 6.71. The molecule has 30 heavy (non-hydrogen) atoms. The second-order valence-corrected chi connectivity index (χ2v) is 6.71. The number of nitrogen functional groups attached to an aromatic ring is 1. The predicted molar refractivity (Wildman–Crippen MR) is 115 cm³/mol. The summed E-state index contributed by atoms with van der Waals surface area (Å²) in [5, 5.41) is 0. The Morgan fingerprint density at radius 2 is 1.73 bits per heavy atom. The molecular formula is C23H19FN4O2. The van der Waals surface area contributed by atoms with Gasteiger partial charge in [0.2, 0.25) is 5.95 Å². The molecule has 4 aromatic rings. The summed E-state index contributed by atoms with van der Waals surface area (Å²) in [7, 11) is 0. The minimum absolute atomic E-state index is 0.0434. The molecule has 0 atom stereocenters.